The molecule has 0 aliphatic carbocycles. The van der Waals surface area contributed by atoms with Crippen LogP contribution in [0.4, 0.5) is 0 Å². The smallest absolute Gasteiger partial charge is 0.0439 e. The van der Waals surface area contributed by atoms with Crippen LogP contribution in [0, 0.1) is 5.92 Å². The first-order valence-corrected chi connectivity index (χ1v) is 8.36. The number of allylic oxidation sites excluding steroid dienone is 1. The zero-order valence-corrected chi connectivity index (χ0v) is 14.1. The fraction of sp³-hybridized carbons (Fsp3) is 0.250. The molecule has 2 rings (SSSR count). The summed E-state index contributed by atoms with van der Waals surface area (Å²) in [7, 11) is 0. The molecule has 1 aromatic heterocycles. The fourth-order valence-corrected chi connectivity index (χ4v) is 3.38. The van der Waals surface area contributed by atoms with Crippen LogP contribution in [0.15, 0.2) is 46.4 Å². The van der Waals surface area contributed by atoms with Gasteiger partial charge < -0.3 is 0 Å². The van der Waals surface area contributed by atoms with Gasteiger partial charge in [-0.1, -0.05) is 47.5 Å². The van der Waals surface area contributed by atoms with Crippen molar-refractivity contribution in [2.75, 3.05) is 5.88 Å². The van der Waals surface area contributed by atoms with Crippen molar-refractivity contribution >= 4 is 44.9 Å². The highest BCUT2D eigenvalue weighted by Gasteiger charge is 2.05. The Morgan fingerprint density at radius 3 is 2.47 bits per heavy atom. The van der Waals surface area contributed by atoms with E-state index in [1.54, 1.807) is 11.3 Å². The SMILES string of the molecule is CC(C)C(=Cc1ccc(-c2ccc(Br)cc2)s1)CCl. The van der Waals surface area contributed by atoms with Crippen LogP contribution in [0.1, 0.15) is 18.7 Å². The van der Waals surface area contributed by atoms with E-state index in [4.69, 9.17) is 11.6 Å². The maximum Gasteiger partial charge on any atom is 0.0439 e. The molecule has 0 saturated heterocycles. The molecule has 0 fully saturated rings. The zero-order chi connectivity index (χ0) is 13.8. The minimum atomic E-state index is 0.496. The van der Waals surface area contributed by atoms with Gasteiger partial charge >= 0.3 is 0 Å². The molecule has 1 heterocycles. The van der Waals surface area contributed by atoms with Crippen LogP contribution in [0.25, 0.3) is 16.5 Å². The highest BCUT2D eigenvalue weighted by atomic mass is 79.9. The van der Waals surface area contributed by atoms with E-state index < -0.39 is 0 Å². The van der Waals surface area contributed by atoms with Crippen molar-refractivity contribution in [2.24, 2.45) is 5.92 Å². The third-order valence-electron chi connectivity index (χ3n) is 2.98. The molecule has 0 amide bonds. The summed E-state index contributed by atoms with van der Waals surface area (Å²) in [5.74, 6) is 1.10. The number of benzene rings is 1. The molecule has 0 nitrogen and oxygen atoms in total. The van der Waals surface area contributed by atoms with Gasteiger partial charge in [0.05, 0.1) is 0 Å². The number of alkyl halides is 1. The molecular weight excluding hydrogens is 340 g/mol. The van der Waals surface area contributed by atoms with Crippen molar-refractivity contribution in [3.8, 4) is 10.4 Å². The van der Waals surface area contributed by atoms with E-state index in [-0.39, 0.29) is 0 Å². The lowest BCUT2D eigenvalue weighted by Gasteiger charge is -2.06. The van der Waals surface area contributed by atoms with Gasteiger partial charge in [0.25, 0.3) is 0 Å². The molecule has 0 spiro atoms. The Morgan fingerprint density at radius 2 is 1.89 bits per heavy atom. The van der Waals surface area contributed by atoms with E-state index in [1.807, 2.05) is 0 Å². The number of halogens is 2. The minimum absolute atomic E-state index is 0.496. The summed E-state index contributed by atoms with van der Waals surface area (Å²) < 4.78 is 1.11. The van der Waals surface area contributed by atoms with Crippen LogP contribution in [-0.2, 0) is 0 Å². The van der Waals surface area contributed by atoms with Gasteiger partial charge in [-0.15, -0.1) is 22.9 Å². The summed E-state index contributed by atoms with van der Waals surface area (Å²) in [4.78, 5) is 2.55. The fourth-order valence-electron chi connectivity index (χ4n) is 1.74. The van der Waals surface area contributed by atoms with Crippen LogP contribution >= 0.6 is 38.9 Å². The molecule has 0 unspecified atom stereocenters. The van der Waals surface area contributed by atoms with E-state index in [1.165, 1.54) is 20.9 Å². The third kappa shape index (κ3) is 3.95. The summed E-state index contributed by atoms with van der Waals surface area (Å²) in [5, 5.41) is 0. The second-order valence-electron chi connectivity index (χ2n) is 4.72. The van der Waals surface area contributed by atoms with Crippen LogP contribution in [-0.4, -0.2) is 5.88 Å². The van der Waals surface area contributed by atoms with E-state index in [0.29, 0.717) is 11.8 Å². The molecule has 0 atom stereocenters. The minimum Gasteiger partial charge on any atom is -0.136 e. The molecule has 0 N–H and O–H groups in total. The summed E-state index contributed by atoms with van der Waals surface area (Å²) in [6.45, 7) is 4.36. The third-order valence-corrected chi connectivity index (χ3v) is 4.90. The highest BCUT2D eigenvalue weighted by Crippen LogP contribution is 2.31. The summed E-state index contributed by atoms with van der Waals surface area (Å²) in [6, 6.07) is 12.7. The van der Waals surface area contributed by atoms with Crippen molar-refractivity contribution in [2.45, 2.75) is 13.8 Å². The van der Waals surface area contributed by atoms with Gasteiger partial charge in [0.15, 0.2) is 0 Å². The van der Waals surface area contributed by atoms with Gasteiger partial charge in [-0.3, -0.25) is 0 Å². The van der Waals surface area contributed by atoms with Crippen LogP contribution in [0.5, 0.6) is 0 Å². The summed E-state index contributed by atoms with van der Waals surface area (Å²) in [5.41, 5.74) is 2.54. The second-order valence-corrected chi connectivity index (χ2v) is 7.01. The van der Waals surface area contributed by atoms with Crippen LogP contribution in [0.3, 0.4) is 0 Å². The average Bonchev–Trinajstić information content (AvgIpc) is 2.85. The monoisotopic (exact) mass is 354 g/mol. The van der Waals surface area contributed by atoms with Crippen LogP contribution < -0.4 is 0 Å². The maximum atomic E-state index is 5.98. The Balaban J connectivity index is 2.26. The van der Waals surface area contributed by atoms with E-state index in [2.05, 4.69) is 72.3 Å². The molecule has 0 aliphatic heterocycles. The van der Waals surface area contributed by atoms with E-state index in [0.717, 1.165) is 4.47 Å². The lowest BCUT2D eigenvalue weighted by atomic mass is 10.0. The Morgan fingerprint density at radius 1 is 1.21 bits per heavy atom. The van der Waals surface area contributed by atoms with Crippen molar-refractivity contribution in [1.29, 1.82) is 0 Å². The Labute approximate surface area is 132 Å². The molecule has 0 radical (unpaired) electrons. The van der Waals surface area contributed by atoms with Crippen molar-refractivity contribution in [3.05, 3.63) is 51.3 Å². The molecule has 0 bridgehead atoms. The van der Waals surface area contributed by atoms with Crippen LogP contribution in [0.2, 0.25) is 0 Å². The maximum absolute atomic E-state index is 5.98. The zero-order valence-electron chi connectivity index (χ0n) is 11.0. The van der Waals surface area contributed by atoms with E-state index in [9.17, 15) is 0 Å². The molecule has 0 aliphatic rings. The van der Waals surface area contributed by atoms with E-state index >= 15 is 0 Å². The highest BCUT2D eigenvalue weighted by molar-refractivity contribution is 9.10. The number of hydrogen-bond donors (Lipinski definition) is 0. The number of thiophene rings is 1. The predicted molar refractivity (Wildman–Crippen MR) is 91.0 cm³/mol. The van der Waals surface area contributed by atoms with Gasteiger partial charge in [-0.05, 0) is 41.8 Å². The molecule has 19 heavy (non-hydrogen) atoms. The molecule has 1 aromatic carbocycles. The normalized spacial score (nSPS) is 12.2. The van der Waals surface area contributed by atoms with Crippen molar-refractivity contribution in [1.82, 2.24) is 0 Å². The second kappa shape index (κ2) is 6.74. The standard InChI is InChI=1S/C16H16BrClS/c1-11(2)13(10-18)9-15-7-8-16(19-15)12-3-5-14(17)6-4-12/h3-9,11H,10H2,1-2H3. The Hall–Kier alpha value is -0.570. The lowest BCUT2D eigenvalue weighted by Crippen LogP contribution is -1.94. The Bertz CT molecular complexity index is 567. The number of hydrogen-bond acceptors (Lipinski definition) is 1. The average molecular weight is 356 g/mol. The first-order chi connectivity index (χ1) is 9.10. The molecule has 100 valence electrons. The molecule has 2 aromatic rings. The Kier molecular flexibility index (Phi) is 5.26. The summed E-state index contributed by atoms with van der Waals surface area (Å²) >= 11 is 11.2. The van der Waals surface area contributed by atoms with Gasteiger partial charge in [0.2, 0.25) is 0 Å². The predicted octanol–water partition coefficient (Wildman–Crippen LogP) is 6.46. The first kappa shape index (κ1) is 14.8. The molecule has 0 saturated carbocycles. The number of rotatable bonds is 4. The van der Waals surface area contributed by atoms with Crippen molar-refractivity contribution < 1.29 is 0 Å². The van der Waals surface area contributed by atoms with Gasteiger partial charge in [0.1, 0.15) is 0 Å². The lowest BCUT2D eigenvalue weighted by molar-refractivity contribution is 0.778. The topological polar surface area (TPSA) is 0 Å². The van der Waals surface area contributed by atoms with Gasteiger partial charge in [0, 0.05) is 20.1 Å². The largest absolute Gasteiger partial charge is 0.136 e. The van der Waals surface area contributed by atoms with Gasteiger partial charge in [-0.25, -0.2) is 0 Å². The van der Waals surface area contributed by atoms with Gasteiger partial charge in [-0.2, -0.15) is 0 Å². The summed E-state index contributed by atoms with van der Waals surface area (Å²) in [6.07, 6.45) is 2.21. The molecular formula is C16H16BrClS. The van der Waals surface area contributed by atoms with Crippen molar-refractivity contribution in [3.63, 3.8) is 0 Å². The quantitative estimate of drug-likeness (QED) is 0.552. The first-order valence-electron chi connectivity index (χ1n) is 6.22. The molecule has 3 heteroatoms.